The number of benzene rings is 1. The van der Waals surface area contributed by atoms with E-state index in [1.54, 1.807) is 0 Å². The fourth-order valence-electron chi connectivity index (χ4n) is 1.94. The number of rotatable bonds is 0. The highest BCUT2D eigenvalue weighted by atomic mass is 19.4. The summed E-state index contributed by atoms with van der Waals surface area (Å²) in [6.07, 6.45) is -10.1. The summed E-state index contributed by atoms with van der Waals surface area (Å²) in [5.74, 6) is -3.39. The lowest BCUT2D eigenvalue weighted by atomic mass is 10.1. The second-order valence-corrected chi connectivity index (χ2v) is 4.03. The van der Waals surface area contributed by atoms with Crippen LogP contribution in [-0.4, -0.2) is 12.0 Å². The van der Waals surface area contributed by atoms with Gasteiger partial charge in [0.25, 0.3) is 0 Å². The molecule has 1 atom stereocenters. The van der Waals surface area contributed by atoms with E-state index >= 15 is 0 Å². The maximum Gasteiger partial charge on any atom is 0.416 e. The lowest BCUT2D eigenvalue weighted by molar-refractivity contribution is -0.158. The van der Waals surface area contributed by atoms with Gasteiger partial charge in [0.15, 0.2) is 5.78 Å². The molecule has 18 heavy (non-hydrogen) atoms. The summed E-state index contributed by atoms with van der Waals surface area (Å²) in [4.78, 5) is 11.4. The molecule has 0 N–H and O–H groups in total. The number of carbonyl (C=O) groups is 1. The number of hydrogen-bond acceptors (Lipinski definition) is 1. The Kier molecular flexibility index (Phi) is 2.68. The Morgan fingerprint density at radius 3 is 2.17 bits per heavy atom. The number of hydrogen-bond donors (Lipinski definition) is 0. The van der Waals surface area contributed by atoms with E-state index in [-0.39, 0.29) is 11.1 Å². The van der Waals surface area contributed by atoms with Crippen molar-refractivity contribution in [2.75, 3.05) is 0 Å². The van der Waals surface area contributed by atoms with Crippen molar-refractivity contribution in [1.82, 2.24) is 0 Å². The van der Waals surface area contributed by atoms with Crippen LogP contribution in [0.2, 0.25) is 0 Å². The van der Waals surface area contributed by atoms with Crippen LogP contribution in [0.1, 0.15) is 21.5 Å². The third-order valence-electron chi connectivity index (χ3n) is 2.83. The second kappa shape index (κ2) is 3.73. The van der Waals surface area contributed by atoms with E-state index in [1.165, 1.54) is 0 Å². The Hall–Kier alpha value is -1.53. The van der Waals surface area contributed by atoms with Gasteiger partial charge in [-0.25, -0.2) is 0 Å². The molecule has 2 rings (SSSR count). The maximum atomic E-state index is 12.5. The standard InChI is InChI=1S/C11H6F6O/c12-10(13,14)6-1-2-7-5(3-6)4-8(9(7)18)11(15,16)17/h1-3,8H,4H2. The van der Waals surface area contributed by atoms with Crippen LogP contribution < -0.4 is 0 Å². The van der Waals surface area contributed by atoms with Crippen LogP contribution in [-0.2, 0) is 12.6 Å². The monoisotopic (exact) mass is 268 g/mol. The van der Waals surface area contributed by atoms with Crippen LogP contribution >= 0.6 is 0 Å². The van der Waals surface area contributed by atoms with Crippen molar-refractivity contribution in [3.8, 4) is 0 Å². The van der Waals surface area contributed by atoms with E-state index in [1.807, 2.05) is 0 Å². The summed E-state index contributed by atoms with van der Waals surface area (Å²) in [5.41, 5.74) is -1.51. The van der Waals surface area contributed by atoms with Gasteiger partial charge in [0.2, 0.25) is 0 Å². The normalized spacial score (nSPS) is 20.1. The minimum Gasteiger partial charge on any atom is -0.293 e. The number of Topliss-reactive ketones (excluding diaryl/α,β-unsaturated/α-hetero) is 1. The first-order valence-electron chi connectivity index (χ1n) is 4.92. The van der Waals surface area contributed by atoms with Gasteiger partial charge in [-0.1, -0.05) is 6.07 Å². The van der Waals surface area contributed by atoms with E-state index in [2.05, 4.69) is 0 Å². The molecule has 0 saturated carbocycles. The van der Waals surface area contributed by atoms with Crippen molar-refractivity contribution >= 4 is 5.78 Å². The highest BCUT2D eigenvalue weighted by Gasteiger charge is 2.49. The first kappa shape index (κ1) is 12.9. The molecule has 0 heterocycles. The van der Waals surface area contributed by atoms with Gasteiger partial charge in [-0.3, -0.25) is 4.79 Å². The van der Waals surface area contributed by atoms with Crippen molar-refractivity contribution < 1.29 is 31.1 Å². The first-order chi connectivity index (χ1) is 8.10. The third-order valence-corrected chi connectivity index (χ3v) is 2.83. The largest absolute Gasteiger partial charge is 0.416 e. The van der Waals surface area contributed by atoms with Gasteiger partial charge in [-0.05, 0) is 24.1 Å². The van der Waals surface area contributed by atoms with Crippen molar-refractivity contribution in [3.63, 3.8) is 0 Å². The molecule has 98 valence electrons. The summed E-state index contributed by atoms with van der Waals surface area (Å²) in [7, 11) is 0. The van der Waals surface area contributed by atoms with Gasteiger partial charge in [-0.15, -0.1) is 0 Å². The lowest BCUT2D eigenvalue weighted by Gasteiger charge is -2.11. The highest BCUT2D eigenvalue weighted by Crippen LogP contribution is 2.40. The van der Waals surface area contributed by atoms with Gasteiger partial charge >= 0.3 is 12.4 Å². The number of halogens is 6. The van der Waals surface area contributed by atoms with Crippen molar-refractivity contribution in [1.29, 1.82) is 0 Å². The number of alkyl halides is 6. The molecule has 1 aliphatic carbocycles. The summed E-state index contributed by atoms with van der Waals surface area (Å²) < 4.78 is 74.5. The van der Waals surface area contributed by atoms with E-state index in [0.29, 0.717) is 12.1 Å². The van der Waals surface area contributed by atoms with Crippen LogP contribution in [0.4, 0.5) is 26.3 Å². The molecule has 1 aromatic rings. The fraction of sp³-hybridized carbons (Fsp3) is 0.364. The quantitative estimate of drug-likeness (QED) is 0.657. The lowest BCUT2D eigenvalue weighted by Crippen LogP contribution is -2.27. The molecule has 7 heteroatoms. The molecule has 1 aromatic carbocycles. The molecule has 0 spiro atoms. The molecule has 0 bridgehead atoms. The van der Waals surface area contributed by atoms with Gasteiger partial charge in [0.05, 0.1) is 5.56 Å². The zero-order valence-electron chi connectivity index (χ0n) is 8.69. The third kappa shape index (κ3) is 2.09. The highest BCUT2D eigenvalue weighted by molar-refractivity contribution is 6.02. The molecular weight excluding hydrogens is 262 g/mol. The minimum absolute atomic E-state index is 0.197. The molecule has 0 aliphatic heterocycles. The van der Waals surface area contributed by atoms with E-state index in [0.717, 1.165) is 6.07 Å². The predicted octanol–water partition coefficient (Wildman–Crippen LogP) is 3.62. The maximum absolute atomic E-state index is 12.5. The molecule has 1 unspecified atom stereocenters. The Balaban J connectivity index is 2.41. The SMILES string of the molecule is O=C1c2ccc(C(F)(F)F)cc2CC1C(F)(F)F. The van der Waals surface area contributed by atoms with E-state index in [9.17, 15) is 31.1 Å². The van der Waals surface area contributed by atoms with Crippen LogP contribution in [0.15, 0.2) is 18.2 Å². The minimum atomic E-state index is -4.73. The first-order valence-corrected chi connectivity index (χ1v) is 4.92. The molecule has 1 nitrogen and oxygen atoms in total. The summed E-state index contributed by atoms with van der Waals surface area (Å²) in [6, 6.07) is 2.04. The molecule has 0 aromatic heterocycles. The zero-order chi connectivity index (χ0) is 13.7. The summed E-state index contributed by atoms with van der Waals surface area (Å²) in [6.45, 7) is 0. The summed E-state index contributed by atoms with van der Waals surface area (Å²) >= 11 is 0. The Morgan fingerprint density at radius 1 is 1.06 bits per heavy atom. The van der Waals surface area contributed by atoms with Crippen LogP contribution in [0.5, 0.6) is 0 Å². The molecule has 1 aliphatic rings. The average Bonchev–Trinajstić information content (AvgIpc) is 2.54. The van der Waals surface area contributed by atoms with Crippen molar-refractivity contribution in [2.45, 2.75) is 18.8 Å². The number of fused-ring (bicyclic) bond motifs is 1. The fourth-order valence-corrected chi connectivity index (χ4v) is 1.94. The van der Waals surface area contributed by atoms with Crippen LogP contribution in [0, 0.1) is 5.92 Å². The number of carbonyl (C=O) groups excluding carboxylic acids is 1. The van der Waals surface area contributed by atoms with Gasteiger partial charge in [-0.2, -0.15) is 26.3 Å². The Morgan fingerprint density at radius 2 is 1.67 bits per heavy atom. The van der Waals surface area contributed by atoms with Gasteiger partial charge in [0.1, 0.15) is 5.92 Å². The van der Waals surface area contributed by atoms with Gasteiger partial charge < -0.3 is 0 Å². The predicted molar refractivity (Wildman–Crippen MR) is 49.0 cm³/mol. The Bertz CT molecular complexity index is 499. The summed E-state index contributed by atoms with van der Waals surface area (Å²) in [5, 5.41) is 0. The van der Waals surface area contributed by atoms with E-state index in [4.69, 9.17) is 0 Å². The molecule has 0 saturated heterocycles. The van der Waals surface area contributed by atoms with Crippen molar-refractivity contribution in [2.24, 2.45) is 5.92 Å². The van der Waals surface area contributed by atoms with Crippen LogP contribution in [0.3, 0.4) is 0 Å². The average molecular weight is 268 g/mol. The molecule has 0 radical (unpaired) electrons. The van der Waals surface area contributed by atoms with E-state index < -0.39 is 36.0 Å². The second-order valence-electron chi connectivity index (χ2n) is 4.03. The molecular formula is C11H6F6O. The van der Waals surface area contributed by atoms with Crippen LogP contribution in [0.25, 0.3) is 0 Å². The smallest absolute Gasteiger partial charge is 0.293 e. The topological polar surface area (TPSA) is 17.1 Å². The van der Waals surface area contributed by atoms with Crippen molar-refractivity contribution in [3.05, 3.63) is 34.9 Å². The molecule has 0 amide bonds. The Labute approximate surface area is 97.4 Å². The zero-order valence-corrected chi connectivity index (χ0v) is 8.69. The molecule has 0 fully saturated rings. The number of ketones is 1. The van der Waals surface area contributed by atoms with Gasteiger partial charge in [0, 0.05) is 5.56 Å².